The number of carbonyl (C=O) groups excluding carboxylic acids is 1. The molecule has 2 heterocycles. The first-order chi connectivity index (χ1) is 15.8. The van der Waals surface area contributed by atoms with Crippen LogP contribution in [0.4, 0.5) is 0 Å². The van der Waals surface area contributed by atoms with Crippen LogP contribution in [0.25, 0.3) is 10.8 Å². The normalized spacial score (nSPS) is 17.2. The summed E-state index contributed by atoms with van der Waals surface area (Å²) in [6.07, 6.45) is 5.12. The molecule has 2 aromatic carbocycles. The van der Waals surface area contributed by atoms with E-state index in [4.69, 9.17) is 9.47 Å². The van der Waals surface area contributed by atoms with E-state index in [0.29, 0.717) is 0 Å². The molecule has 0 amide bonds. The van der Waals surface area contributed by atoms with E-state index in [2.05, 4.69) is 52.3 Å². The molecule has 1 aliphatic rings. The van der Waals surface area contributed by atoms with Gasteiger partial charge in [0.2, 0.25) is 0 Å². The van der Waals surface area contributed by atoms with Crippen molar-refractivity contribution in [3.8, 4) is 5.75 Å². The second-order valence-corrected chi connectivity index (χ2v) is 13.2. The van der Waals surface area contributed by atoms with Crippen LogP contribution in [-0.2, 0) is 16.1 Å². The third-order valence-corrected chi connectivity index (χ3v) is 9.15. The fourth-order valence-corrected chi connectivity index (χ4v) is 7.66. The molecule has 5 nitrogen and oxygen atoms in total. The molecule has 1 aromatic heterocycles. The van der Waals surface area contributed by atoms with Gasteiger partial charge < -0.3 is 0 Å². The Bertz CT molecular complexity index is 1120. The molecule has 2 unspecified atom stereocenters. The van der Waals surface area contributed by atoms with Gasteiger partial charge in [0, 0.05) is 0 Å². The Morgan fingerprint density at radius 3 is 2.88 bits per heavy atom. The average molecular weight is 508 g/mol. The minimum Gasteiger partial charge on any atom is -0.0253 e. The monoisotopic (exact) mass is 508 g/mol. The number of benzene rings is 2. The number of aryl methyl sites for hydroxylation is 1. The van der Waals surface area contributed by atoms with E-state index in [1.165, 1.54) is 27.1 Å². The van der Waals surface area contributed by atoms with Gasteiger partial charge in [0.1, 0.15) is 0 Å². The van der Waals surface area contributed by atoms with Gasteiger partial charge in [0.05, 0.1) is 0 Å². The number of ether oxygens (including phenoxy) is 2. The van der Waals surface area contributed by atoms with Gasteiger partial charge in [0.15, 0.2) is 0 Å². The zero-order chi connectivity index (χ0) is 23.4. The number of rotatable bonds is 7. The van der Waals surface area contributed by atoms with Crippen LogP contribution in [0.15, 0.2) is 54.9 Å². The van der Waals surface area contributed by atoms with Crippen LogP contribution in [0, 0.1) is 6.92 Å². The number of likely N-dealkylation sites (tertiary alicyclic amines) is 1. The predicted octanol–water partition coefficient (Wildman–Crippen LogP) is 4.02. The fourth-order valence-electron chi connectivity index (χ4n) is 4.23. The standard InChI is InChI=1S/C27H33AsN2O3/c1-19-8-9-20(14-25(19)32-18-26(31)33-27(2,3)4)16-30-13-11-22(17-30)28-24-7-5-6-21-15-29-12-10-23(21)24/h5-10,12,14-15,22,28H,11,13,16-18H2,1-4H3. The van der Waals surface area contributed by atoms with Crippen molar-refractivity contribution in [3.63, 3.8) is 0 Å². The van der Waals surface area contributed by atoms with Gasteiger partial charge in [0.25, 0.3) is 0 Å². The molecule has 0 spiro atoms. The van der Waals surface area contributed by atoms with Crippen molar-refractivity contribution in [2.24, 2.45) is 0 Å². The molecule has 2 atom stereocenters. The van der Waals surface area contributed by atoms with Crippen molar-refractivity contribution >= 4 is 36.8 Å². The molecule has 4 rings (SSSR count). The van der Waals surface area contributed by atoms with Gasteiger partial charge in [-0.15, -0.1) is 0 Å². The number of nitrogens with zero attached hydrogens (tertiary/aromatic N) is 2. The van der Waals surface area contributed by atoms with Gasteiger partial charge in [-0.05, 0) is 20.8 Å². The van der Waals surface area contributed by atoms with Gasteiger partial charge in [-0.2, -0.15) is 0 Å². The molecule has 1 fully saturated rings. The van der Waals surface area contributed by atoms with E-state index in [0.717, 1.165) is 35.7 Å². The molecule has 0 N–H and O–H groups in total. The van der Waals surface area contributed by atoms with Crippen molar-refractivity contribution in [1.29, 1.82) is 0 Å². The number of hydrogen-bond acceptors (Lipinski definition) is 5. The Labute approximate surface area is 203 Å². The number of carbonyl (C=O) groups is 1. The van der Waals surface area contributed by atoms with Crippen LogP contribution in [0.5, 0.6) is 5.75 Å². The summed E-state index contributed by atoms with van der Waals surface area (Å²) in [7, 11) is 0. The van der Waals surface area contributed by atoms with E-state index in [-0.39, 0.29) is 28.3 Å². The van der Waals surface area contributed by atoms with Crippen molar-refractivity contribution in [2.75, 3.05) is 19.7 Å². The minimum atomic E-state index is -0.504. The van der Waals surface area contributed by atoms with Crippen LogP contribution in [0.1, 0.15) is 38.3 Å². The Hall–Kier alpha value is -2.36. The number of pyridine rings is 1. The average Bonchev–Trinajstić information content (AvgIpc) is 3.20. The van der Waals surface area contributed by atoms with E-state index < -0.39 is 5.60 Å². The van der Waals surface area contributed by atoms with Crippen LogP contribution in [0.2, 0.25) is 4.71 Å². The molecule has 1 saturated heterocycles. The summed E-state index contributed by atoms with van der Waals surface area (Å²) < 4.78 is 13.5. The molecule has 0 bridgehead atoms. The first-order valence-corrected chi connectivity index (χ1v) is 13.8. The summed E-state index contributed by atoms with van der Waals surface area (Å²) in [5.41, 5.74) is 1.74. The molecule has 3 aromatic rings. The maximum absolute atomic E-state index is 12.0. The summed E-state index contributed by atoms with van der Waals surface area (Å²) in [5, 5.41) is 2.61. The Kier molecular flexibility index (Phi) is 7.41. The number of hydrogen-bond donors (Lipinski definition) is 0. The molecular weight excluding hydrogens is 475 g/mol. The Morgan fingerprint density at radius 2 is 2.06 bits per heavy atom. The Balaban J connectivity index is 1.34. The summed E-state index contributed by atoms with van der Waals surface area (Å²) in [6, 6.07) is 15.1. The molecule has 0 radical (unpaired) electrons. The van der Waals surface area contributed by atoms with Crippen molar-refractivity contribution < 1.29 is 14.3 Å². The van der Waals surface area contributed by atoms with Crippen LogP contribution < -0.4 is 9.09 Å². The molecule has 1 aliphatic heterocycles. The maximum atomic E-state index is 12.0. The number of esters is 1. The number of aromatic nitrogens is 1. The van der Waals surface area contributed by atoms with Gasteiger partial charge in [-0.25, -0.2) is 0 Å². The molecular formula is C27H33AsN2O3. The van der Waals surface area contributed by atoms with E-state index in [1.54, 1.807) is 0 Å². The topological polar surface area (TPSA) is 51.7 Å². The molecule has 6 heteroatoms. The summed E-state index contributed by atoms with van der Waals surface area (Å²) in [6.45, 7) is 10.7. The van der Waals surface area contributed by atoms with Gasteiger partial charge in [-0.1, -0.05) is 0 Å². The van der Waals surface area contributed by atoms with Crippen molar-refractivity contribution in [3.05, 3.63) is 66.0 Å². The zero-order valence-corrected chi connectivity index (χ0v) is 22.0. The zero-order valence-electron chi connectivity index (χ0n) is 19.9. The van der Waals surface area contributed by atoms with Gasteiger partial charge >= 0.3 is 183 Å². The molecule has 174 valence electrons. The predicted molar refractivity (Wildman–Crippen MR) is 135 cm³/mol. The minimum absolute atomic E-state index is 0.0705. The van der Waals surface area contributed by atoms with Crippen LogP contribution in [0.3, 0.4) is 0 Å². The smallest absolute Gasteiger partial charge is 0.0253 e. The summed E-state index contributed by atoms with van der Waals surface area (Å²) in [4.78, 5) is 18.8. The second-order valence-electron chi connectivity index (χ2n) is 9.74. The number of fused-ring (bicyclic) bond motifs is 1. The quantitative estimate of drug-likeness (QED) is 0.357. The van der Waals surface area contributed by atoms with E-state index in [1.807, 2.05) is 40.1 Å². The second kappa shape index (κ2) is 10.3. The summed E-state index contributed by atoms with van der Waals surface area (Å²) >= 11 is -0.223. The SMILES string of the molecule is Cc1ccc(CN2CCC([AsH]c3cccc4cnccc34)C2)cc1OCC(=O)OC(C)(C)C. The third kappa shape index (κ3) is 6.58. The molecule has 0 aliphatic carbocycles. The first kappa shape index (κ1) is 23.8. The van der Waals surface area contributed by atoms with E-state index in [9.17, 15) is 4.79 Å². The van der Waals surface area contributed by atoms with Crippen LogP contribution in [-0.4, -0.2) is 56.9 Å². The first-order valence-electron chi connectivity index (χ1n) is 11.5. The third-order valence-electron chi connectivity index (χ3n) is 5.74. The molecule has 0 saturated carbocycles. The summed E-state index contributed by atoms with van der Waals surface area (Å²) in [5.74, 6) is 0.412. The van der Waals surface area contributed by atoms with Crippen molar-refractivity contribution in [2.45, 2.75) is 51.0 Å². The molecule has 33 heavy (non-hydrogen) atoms. The van der Waals surface area contributed by atoms with Crippen LogP contribution >= 0.6 is 0 Å². The van der Waals surface area contributed by atoms with E-state index >= 15 is 0 Å². The Morgan fingerprint density at radius 1 is 1.21 bits per heavy atom. The van der Waals surface area contributed by atoms with Crippen molar-refractivity contribution in [1.82, 2.24) is 9.88 Å². The fraction of sp³-hybridized carbons (Fsp3) is 0.407. The van der Waals surface area contributed by atoms with Gasteiger partial charge in [-0.3, -0.25) is 0 Å².